The maximum atomic E-state index is 13.2. The summed E-state index contributed by atoms with van der Waals surface area (Å²) in [6.45, 7) is 4.24. The highest BCUT2D eigenvalue weighted by Crippen LogP contribution is 2.65. The van der Waals surface area contributed by atoms with Crippen LogP contribution in [0.15, 0.2) is 12.1 Å². The van der Waals surface area contributed by atoms with E-state index in [1.807, 2.05) is 6.07 Å². The van der Waals surface area contributed by atoms with E-state index in [1.165, 1.54) is 29.9 Å². The van der Waals surface area contributed by atoms with Gasteiger partial charge in [-0.25, -0.2) is 0 Å². The van der Waals surface area contributed by atoms with Crippen molar-refractivity contribution < 1.29 is 4.79 Å². The lowest BCUT2D eigenvalue weighted by Crippen LogP contribution is -2.41. The summed E-state index contributed by atoms with van der Waals surface area (Å²) in [7, 11) is 0. The molecule has 1 saturated heterocycles. The second kappa shape index (κ2) is 7.60. The minimum atomic E-state index is 0.160. The highest BCUT2D eigenvalue weighted by atomic mass is 35.5. The lowest BCUT2D eigenvalue weighted by molar-refractivity contribution is -0.121. The van der Waals surface area contributed by atoms with Crippen molar-refractivity contribution in [2.45, 2.75) is 56.5 Å². The highest BCUT2D eigenvalue weighted by Gasteiger charge is 2.57. The number of amides is 1. The van der Waals surface area contributed by atoms with Gasteiger partial charge in [-0.3, -0.25) is 4.79 Å². The van der Waals surface area contributed by atoms with Gasteiger partial charge in [0.2, 0.25) is 5.91 Å². The molecule has 1 aromatic carbocycles. The van der Waals surface area contributed by atoms with E-state index in [9.17, 15) is 4.79 Å². The molecule has 1 N–H and O–H groups in total. The Kier molecular flexibility index (Phi) is 5.56. The quantitative estimate of drug-likeness (QED) is 0.659. The second-order valence-electron chi connectivity index (χ2n) is 7.81. The average molecular weight is 410 g/mol. The summed E-state index contributed by atoms with van der Waals surface area (Å²) >= 11 is 10.8. The van der Waals surface area contributed by atoms with Crippen LogP contribution in [0.3, 0.4) is 0 Å². The Labute approximate surface area is 170 Å². The third kappa shape index (κ3) is 3.10. The van der Waals surface area contributed by atoms with Crippen LogP contribution in [0.25, 0.3) is 0 Å². The molecule has 1 heterocycles. The predicted molar refractivity (Wildman–Crippen MR) is 115 cm³/mol. The third-order valence-corrected chi connectivity index (χ3v) is 10.9. The standard InChI is InChI=1S/C21H28ClNOS2/c1-3-13-5-8-18(22)17(4-2)19(13)23-20(24)14-11-15-6-7-16(12-14)21(15)25-9-10-26-21/h5,8,14-16H,3-4,6-7,9-12H2,1-2H3,(H,23,24). The molecule has 3 aliphatic rings. The first-order chi connectivity index (χ1) is 12.6. The molecule has 1 amide bonds. The van der Waals surface area contributed by atoms with E-state index in [-0.39, 0.29) is 11.8 Å². The van der Waals surface area contributed by atoms with Crippen LogP contribution >= 0.6 is 35.1 Å². The normalized spacial score (nSPS) is 29.3. The molecule has 2 aliphatic carbocycles. The first-order valence-corrected chi connectivity index (χ1v) is 12.3. The number of anilines is 1. The molecular weight excluding hydrogens is 382 g/mol. The van der Waals surface area contributed by atoms with E-state index in [0.29, 0.717) is 15.9 Å². The van der Waals surface area contributed by atoms with E-state index in [0.717, 1.165) is 42.0 Å². The van der Waals surface area contributed by atoms with E-state index >= 15 is 0 Å². The van der Waals surface area contributed by atoms with Gasteiger partial charge in [-0.15, -0.1) is 23.5 Å². The van der Waals surface area contributed by atoms with Gasteiger partial charge in [-0.05, 0) is 67.6 Å². The molecule has 2 unspecified atom stereocenters. The van der Waals surface area contributed by atoms with Gasteiger partial charge in [0.05, 0.1) is 4.08 Å². The first kappa shape index (κ1) is 19.0. The number of halogens is 1. The Hall–Kier alpha value is -0.320. The van der Waals surface area contributed by atoms with Crippen molar-refractivity contribution in [2.75, 3.05) is 16.8 Å². The fourth-order valence-electron chi connectivity index (χ4n) is 5.31. The van der Waals surface area contributed by atoms with Crippen LogP contribution < -0.4 is 5.32 Å². The summed E-state index contributed by atoms with van der Waals surface area (Å²) in [4.78, 5) is 13.2. The topological polar surface area (TPSA) is 29.1 Å². The molecule has 2 atom stereocenters. The van der Waals surface area contributed by atoms with Crippen LogP contribution in [0.2, 0.25) is 5.02 Å². The van der Waals surface area contributed by atoms with Gasteiger partial charge in [-0.2, -0.15) is 0 Å². The molecule has 1 spiro atoms. The summed E-state index contributed by atoms with van der Waals surface area (Å²) in [5.74, 6) is 4.38. The van der Waals surface area contributed by atoms with Crippen LogP contribution in [-0.4, -0.2) is 21.5 Å². The number of hydrogen-bond donors (Lipinski definition) is 1. The molecular formula is C21H28ClNOS2. The van der Waals surface area contributed by atoms with Crippen molar-refractivity contribution in [2.24, 2.45) is 17.8 Å². The van der Waals surface area contributed by atoms with Gasteiger partial charge in [-0.1, -0.05) is 31.5 Å². The zero-order valence-electron chi connectivity index (χ0n) is 15.6. The smallest absolute Gasteiger partial charge is 0.227 e. The summed E-state index contributed by atoms with van der Waals surface area (Å²) < 4.78 is 0.440. The Balaban J connectivity index is 1.53. The Morgan fingerprint density at radius 1 is 1.15 bits per heavy atom. The monoisotopic (exact) mass is 409 g/mol. The van der Waals surface area contributed by atoms with Gasteiger partial charge < -0.3 is 5.32 Å². The number of benzene rings is 1. The molecule has 4 rings (SSSR count). The van der Waals surface area contributed by atoms with Crippen molar-refractivity contribution in [3.63, 3.8) is 0 Å². The van der Waals surface area contributed by atoms with Gasteiger partial charge in [0.15, 0.2) is 0 Å². The molecule has 2 bridgehead atoms. The maximum Gasteiger partial charge on any atom is 0.227 e. The minimum absolute atomic E-state index is 0.160. The highest BCUT2D eigenvalue weighted by molar-refractivity contribution is 8.21. The summed E-state index contributed by atoms with van der Waals surface area (Å²) in [5, 5.41) is 4.07. The van der Waals surface area contributed by atoms with Crippen LogP contribution in [0.4, 0.5) is 5.69 Å². The largest absolute Gasteiger partial charge is 0.325 e. The number of aryl methyl sites for hydroxylation is 1. The second-order valence-corrected chi connectivity index (χ2v) is 11.2. The molecule has 0 aromatic heterocycles. The van der Waals surface area contributed by atoms with E-state index in [2.05, 4.69) is 48.8 Å². The molecule has 0 radical (unpaired) electrons. The fraction of sp³-hybridized carbons (Fsp3) is 0.667. The first-order valence-electron chi connectivity index (χ1n) is 9.98. The molecule has 2 saturated carbocycles. The minimum Gasteiger partial charge on any atom is -0.325 e. The van der Waals surface area contributed by atoms with Crippen molar-refractivity contribution in [1.29, 1.82) is 0 Å². The van der Waals surface area contributed by atoms with Crippen molar-refractivity contribution in [1.82, 2.24) is 0 Å². The lowest BCUT2D eigenvalue weighted by atomic mass is 9.79. The van der Waals surface area contributed by atoms with E-state index in [1.54, 1.807) is 0 Å². The van der Waals surface area contributed by atoms with E-state index in [4.69, 9.17) is 11.6 Å². The van der Waals surface area contributed by atoms with Gasteiger partial charge >= 0.3 is 0 Å². The average Bonchev–Trinajstić information content (AvgIpc) is 3.17. The molecule has 26 heavy (non-hydrogen) atoms. The van der Waals surface area contributed by atoms with Gasteiger partial charge in [0.25, 0.3) is 0 Å². The Morgan fingerprint density at radius 2 is 1.81 bits per heavy atom. The van der Waals surface area contributed by atoms with Crippen LogP contribution in [0, 0.1) is 17.8 Å². The van der Waals surface area contributed by atoms with Crippen molar-refractivity contribution in [3.8, 4) is 0 Å². The number of thioether (sulfide) groups is 2. The summed E-state index contributed by atoms with van der Waals surface area (Å²) in [6, 6.07) is 4.02. The molecule has 5 heteroatoms. The molecule has 142 valence electrons. The number of carbonyl (C=O) groups is 1. The number of hydrogen-bond acceptors (Lipinski definition) is 3. The lowest BCUT2D eigenvalue weighted by Gasteiger charge is -2.42. The van der Waals surface area contributed by atoms with Crippen LogP contribution in [0.5, 0.6) is 0 Å². The van der Waals surface area contributed by atoms with Crippen molar-refractivity contribution >= 4 is 46.7 Å². The fourth-order valence-corrected chi connectivity index (χ4v) is 9.54. The summed E-state index contributed by atoms with van der Waals surface area (Å²) in [6.07, 6.45) is 6.50. The molecule has 1 aliphatic heterocycles. The van der Waals surface area contributed by atoms with E-state index < -0.39 is 0 Å². The van der Waals surface area contributed by atoms with Gasteiger partial charge in [0.1, 0.15) is 0 Å². The van der Waals surface area contributed by atoms with Crippen LogP contribution in [0.1, 0.15) is 50.7 Å². The summed E-state index contributed by atoms with van der Waals surface area (Å²) in [5.41, 5.74) is 3.25. The predicted octanol–water partition coefficient (Wildman–Crippen LogP) is 6.02. The number of nitrogens with one attached hydrogen (secondary N) is 1. The maximum absolute atomic E-state index is 13.2. The number of rotatable bonds is 4. The van der Waals surface area contributed by atoms with Crippen molar-refractivity contribution in [3.05, 3.63) is 28.3 Å². The van der Waals surface area contributed by atoms with Gasteiger partial charge in [0, 0.05) is 28.1 Å². The molecule has 3 fully saturated rings. The Bertz CT molecular complexity index is 685. The molecule has 2 nitrogen and oxygen atoms in total. The number of carbonyl (C=O) groups excluding carboxylic acids is 1. The molecule has 1 aromatic rings. The Morgan fingerprint density at radius 3 is 2.38 bits per heavy atom. The third-order valence-electron chi connectivity index (χ3n) is 6.57. The zero-order valence-corrected chi connectivity index (χ0v) is 18.0. The SMILES string of the molecule is CCc1ccc(Cl)c(CC)c1NC(=O)C1CC2CCC(C1)C21SCCS1. The van der Waals surface area contributed by atoms with Crippen LogP contribution in [-0.2, 0) is 17.6 Å². The zero-order chi connectivity index (χ0) is 18.3.